The van der Waals surface area contributed by atoms with Crippen LogP contribution in [0.1, 0.15) is 24.0 Å². The predicted molar refractivity (Wildman–Crippen MR) is 103 cm³/mol. The molecule has 0 spiro atoms. The van der Waals surface area contributed by atoms with E-state index in [1.54, 1.807) is 0 Å². The van der Waals surface area contributed by atoms with E-state index in [4.69, 9.17) is 0 Å². The van der Waals surface area contributed by atoms with E-state index in [9.17, 15) is 18.4 Å². The Kier molecular flexibility index (Phi) is 7.27. The zero-order valence-corrected chi connectivity index (χ0v) is 15.0. The van der Waals surface area contributed by atoms with Crippen LogP contribution in [0.4, 0.5) is 8.78 Å². The molecule has 0 saturated heterocycles. The normalized spacial score (nSPS) is 9.93. The minimum absolute atomic E-state index is 0.0692. The average molecular weight is 386 g/mol. The molecule has 6 nitrogen and oxygen atoms in total. The maximum Gasteiger partial charge on any atom is 0.238 e. The zero-order valence-electron chi connectivity index (χ0n) is 15.0. The number of carbonyl (C=O) groups excluding carboxylic acids is 2. The van der Waals surface area contributed by atoms with E-state index in [-0.39, 0.29) is 24.5 Å². The molecular weight excluding hydrogens is 366 g/mol. The molecule has 28 heavy (non-hydrogen) atoms. The number of hydrogen-bond donors (Lipinski definition) is 4. The lowest BCUT2D eigenvalue weighted by atomic mass is 10.2. The van der Waals surface area contributed by atoms with Gasteiger partial charge in [-0.1, -0.05) is 13.2 Å². The Bertz CT molecular complexity index is 791. The van der Waals surface area contributed by atoms with Gasteiger partial charge >= 0.3 is 0 Å². The lowest BCUT2D eigenvalue weighted by Gasteiger charge is -2.12. The molecule has 0 heterocycles. The SMILES string of the molecule is C=C(NNC(=O)CCC(=O)NNC(=C)c1ccc(F)cc1)c1ccc(F)cc1. The summed E-state index contributed by atoms with van der Waals surface area (Å²) < 4.78 is 25.8. The van der Waals surface area contributed by atoms with Crippen molar-refractivity contribution in [3.63, 3.8) is 0 Å². The molecule has 0 aromatic heterocycles. The molecule has 0 aliphatic rings. The number of rotatable bonds is 9. The summed E-state index contributed by atoms with van der Waals surface area (Å²) in [6.45, 7) is 7.47. The van der Waals surface area contributed by atoms with Gasteiger partial charge in [-0.2, -0.15) is 0 Å². The van der Waals surface area contributed by atoms with Crippen molar-refractivity contribution in [3.05, 3.63) is 84.5 Å². The first-order valence-corrected chi connectivity index (χ1v) is 8.34. The van der Waals surface area contributed by atoms with Crippen LogP contribution in [0.5, 0.6) is 0 Å². The Morgan fingerprint density at radius 1 is 0.643 bits per heavy atom. The Labute approximate surface area is 161 Å². The number of hydrazine groups is 2. The monoisotopic (exact) mass is 386 g/mol. The average Bonchev–Trinajstić information content (AvgIpc) is 2.69. The van der Waals surface area contributed by atoms with Gasteiger partial charge in [0.25, 0.3) is 0 Å². The van der Waals surface area contributed by atoms with Crippen LogP contribution in [0.15, 0.2) is 61.7 Å². The third-order valence-electron chi connectivity index (χ3n) is 3.67. The van der Waals surface area contributed by atoms with Crippen molar-refractivity contribution in [1.82, 2.24) is 21.7 Å². The molecule has 0 aliphatic carbocycles. The molecule has 0 unspecified atom stereocenters. The number of amides is 2. The van der Waals surface area contributed by atoms with Crippen molar-refractivity contribution < 1.29 is 18.4 Å². The number of halogens is 2. The maximum atomic E-state index is 12.9. The van der Waals surface area contributed by atoms with Crippen LogP contribution in [0.3, 0.4) is 0 Å². The summed E-state index contributed by atoms with van der Waals surface area (Å²) in [5.41, 5.74) is 12.0. The van der Waals surface area contributed by atoms with Crippen LogP contribution in [0.2, 0.25) is 0 Å². The molecule has 0 saturated carbocycles. The predicted octanol–water partition coefficient (Wildman–Crippen LogP) is 2.63. The zero-order chi connectivity index (χ0) is 20.5. The summed E-state index contributed by atoms with van der Waals surface area (Å²) in [5.74, 6) is -1.59. The summed E-state index contributed by atoms with van der Waals surface area (Å²) >= 11 is 0. The largest absolute Gasteiger partial charge is 0.299 e. The third kappa shape index (κ3) is 6.56. The Morgan fingerprint density at radius 2 is 0.964 bits per heavy atom. The topological polar surface area (TPSA) is 82.3 Å². The molecular formula is C20H20F2N4O2. The van der Waals surface area contributed by atoms with E-state index in [0.29, 0.717) is 22.5 Å². The van der Waals surface area contributed by atoms with Gasteiger partial charge in [0, 0.05) is 12.8 Å². The number of benzene rings is 2. The molecule has 0 aliphatic heterocycles. The van der Waals surface area contributed by atoms with E-state index in [1.165, 1.54) is 48.5 Å². The van der Waals surface area contributed by atoms with Gasteiger partial charge in [-0.3, -0.25) is 31.3 Å². The molecule has 8 heteroatoms. The Morgan fingerprint density at radius 3 is 1.29 bits per heavy atom. The fourth-order valence-corrected chi connectivity index (χ4v) is 2.09. The van der Waals surface area contributed by atoms with Crippen LogP contribution in [-0.2, 0) is 9.59 Å². The molecule has 0 bridgehead atoms. The molecule has 146 valence electrons. The second-order valence-electron chi connectivity index (χ2n) is 5.82. The van der Waals surface area contributed by atoms with E-state index in [1.807, 2.05) is 0 Å². The fourth-order valence-electron chi connectivity index (χ4n) is 2.09. The summed E-state index contributed by atoms with van der Waals surface area (Å²) in [6, 6.07) is 11.2. The molecule has 2 aromatic carbocycles. The minimum Gasteiger partial charge on any atom is -0.299 e. The van der Waals surface area contributed by atoms with E-state index in [2.05, 4.69) is 34.9 Å². The molecule has 2 aromatic rings. The smallest absolute Gasteiger partial charge is 0.238 e. The van der Waals surface area contributed by atoms with Crippen molar-refractivity contribution in [2.75, 3.05) is 0 Å². The van der Waals surface area contributed by atoms with Gasteiger partial charge in [-0.05, 0) is 59.7 Å². The number of nitrogens with one attached hydrogen (secondary N) is 4. The Balaban J connectivity index is 1.67. The molecule has 0 atom stereocenters. The van der Waals surface area contributed by atoms with Crippen LogP contribution < -0.4 is 21.7 Å². The molecule has 0 radical (unpaired) electrons. The van der Waals surface area contributed by atoms with Crippen LogP contribution in [0.25, 0.3) is 11.4 Å². The van der Waals surface area contributed by atoms with Crippen LogP contribution in [0, 0.1) is 11.6 Å². The highest BCUT2D eigenvalue weighted by Gasteiger charge is 2.08. The quantitative estimate of drug-likeness (QED) is 0.500. The van der Waals surface area contributed by atoms with Crippen molar-refractivity contribution in [3.8, 4) is 0 Å². The van der Waals surface area contributed by atoms with E-state index >= 15 is 0 Å². The van der Waals surface area contributed by atoms with Crippen molar-refractivity contribution in [2.24, 2.45) is 0 Å². The van der Waals surface area contributed by atoms with Crippen molar-refractivity contribution in [1.29, 1.82) is 0 Å². The second kappa shape index (κ2) is 9.86. The molecule has 2 amide bonds. The molecule has 4 N–H and O–H groups in total. The lowest BCUT2D eigenvalue weighted by molar-refractivity contribution is -0.127. The lowest BCUT2D eigenvalue weighted by Crippen LogP contribution is -2.38. The minimum atomic E-state index is -0.421. The second-order valence-corrected chi connectivity index (χ2v) is 5.82. The number of hydrogen-bond acceptors (Lipinski definition) is 4. The summed E-state index contributed by atoms with van der Waals surface area (Å²) in [7, 11) is 0. The van der Waals surface area contributed by atoms with Gasteiger partial charge in [0.2, 0.25) is 11.8 Å². The van der Waals surface area contributed by atoms with Crippen LogP contribution in [-0.4, -0.2) is 11.8 Å². The van der Waals surface area contributed by atoms with Crippen LogP contribution >= 0.6 is 0 Å². The highest BCUT2D eigenvalue weighted by molar-refractivity contribution is 5.84. The first-order chi connectivity index (χ1) is 13.3. The van der Waals surface area contributed by atoms with Crippen molar-refractivity contribution in [2.45, 2.75) is 12.8 Å². The highest BCUT2D eigenvalue weighted by atomic mass is 19.1. The van der Waals surface area contributed by atoms with Gasteiger partial charge in [0.05, 0.1) is 11.4 Å². The van der Waals surface area contributed by atoms with Crippen molar-refractivity contribution >= 4 is 23.2 Å². The highest BCUT2D eigenvalue weighted by Crippen LogP contribution is 2.10. The standard InChI is InChI=1S/C20H20F2N4O2/c1-13(15-3-7-17(21)8-4-15)23-25-19(27)11-12-20(28)26-24-14(2)16-5-9-18(22)10-6-16/h3-10,23-24H,1-2,11-12H2,(H,25,27)(H,26,28). The maximum absolute atomic E-state index is 12.9. The first kappa shape index (κ1) is 20.6. The fraction of sp³-hybridized carbons (Fsp3) is 0.100. The van der Waals surface area contributed by atoms with E-state index in [0.717, 1.165) is 0 Å². The van der Waals surface area contributed by atoms with Gasteiger partial charge < -0.3 is 0 Å². The van der Waals surface area contributed by atoms with E-state index < -0.39 is 11.8 Å². The summed E-state index contributed by atoms with van der Waals surface area (Å²) in [4.78, 5) is 23.6. The summed E-state index contributed by atoms with van der Waals surface area (Å²) in [6.07, 6.45) is -0.138. The van der Waals surface area contributed by atoms with Gasteiger partial charge in [-0.15, -0.1) is 0 Å². The molecule has 2 rings (SSSR count). The van der Waals surface area contributed by atoms with Gasteiger partial charge in [0.15, 0.2) is 0 Å². The van der Waals surface area contributed by atoms with Gasteiger partial charge in [-0.25, -0.2) is 8.78 Å². The first-order valence-electron chi connectivity index (χ1n) is 8.34. The third-order valence-corrected chi connectivity index (χ3v) is 3.67. The number of carbonyl (C=O) groups is 2. The molecule has 0 fully saturated rings. The Hall–Kier alpha value is -3.68. The van der Waals surface area contributed by atoms with Gasteiger partial charge in [0.1, 0.15) is 11.6 Å². The summed E-state index contributed by atoms with van der Waals surface area (Å²) in [5, 5.41) is 0.